The molecule has 1 fully saturated rings. The Bertz CT molecular complexity index is 964. The van der Waals surface area contributed by atoms with Crippen molar-refractivity contribution in [1.29, 1.82) is 0 Å². The van der Waals surface area contributed by atoms with Crippen LogP contribution in [0.25, 0.3) is 6.08 Å². The van der Waals surface area contributed by atoms with Gasteiger partial charge in [0, 0.05) is 16.6 Å². The fraction of sp³-hybridized carbons (Fsp3) is 0.200. The number of rotatable bonds is 6. The van der Waals surface area contributed by atoms with Crippen molar-refractivity contribution in [3.8, 4) is 11.5 Å². The van der Waals surface area contributed by atoms with Crippen molar-refractivity contribution in [3.05, 3.63) is 61.9 Å². The molecule has 8 heteroatoms. The molecule has 0 unspecified atom stereocenters. The van der Waals surface area contributed by atoms with E-state index in [4.69, 9.17) is 33.3 Å². The molecule has 0 aliphatic carbocycles. The van der Waals surface area contributed by atoms with Crippen molar-refractivity contribution >= 4 is 67.8 Å². The van der Waals surface area contributed by atoms with Crippen molar-refractivity contribution < 1.29 is 14.3 Å². The highest BCUT2D eigenvalue weighted by atomic mass is 79.9. The number of carbonyl (C=O) groups is 1. The fourth-order valence-electron chi connectivity index (χ4n) is 2.67. The molecule has 2 aromatic carbocycles. The Labute approximate surface area is 187 Å². The van der Waals surface area contributed by atoms with Crippen LogP contribution in [0, 0.1) is 0 Å². The molecule has 2 aromatic rings. The van der Waals surface area contributed by atoms with E-state index in [1.165, 1.54) is 11.8 Å². The molecule has 146 valence electrons. The first-order valence-corrected chi connectivity index (χ1v) is 10.8. The second-order valence-electron chi connectivity index (χ2n) is 5.86. The van der Waals surface area contributed by atoms with Crippen LogP contribution in [0.15, 0.2) is 45.8 Å². The molecule has 0 atom stereocenters. The lowest BCUT2D eigenvalue weighted by Crippen LogP contribution is -2.27. The maximum Gasteiger partial charge on any atom is 0.266 e. The van der Waals surface area contributed by atoms with E-state index >= 15 is 0 Å². The minimum atomic E-state index is -0.0623. The second-order valence-corrected chi connectivity index (χ2v) is 8.86. The van der Waals surface area contributed by atoms with E-state index in [9.17, 15) is 4.79 Å². The van der Waals surface area contributed by atoms with Gasteiger partial charge in [0.2, 0.25) is 0 Å². The van der Waals surface area contributed by atoms with Crippen LogP contribution in [0.4, 0.5) is 0 Å². The molecule has 0 aromatic heterocycles. The summed E-state index contributed by atoms with van der Waals surface area (Å²) >= 11 is 16.2. The van der Waals surface area contributed by atoms with Gasteiger partial charge in [-0.25, -0.2) is 0 Å². The van der Waals surface area contributed by atoms with E-state index in [-0.39, 0.29) is 12.5 Å². The molecule has 0 saturated carbocycles. The normalized spacial score (nSPS) is 15.4. The van der Waals surface area contributed by atoms with Gasteiger partial charge in [-0.15, -0.1) is 0 Å². The Morgan fingerprint density at radius 1 is 1.25 bits per heavy atom. The van der Waals surface area contributed by atoms with Crippen LogP contribution in [-0.2, 0) is 11.4 Å². The number of likely N-dealkylation sites (N-methyl/N-ethyl adjacent to an activating group) is 1. The standard InChI is InChI=1S/C20H17BrClNO3S2/c1-3-23-19(24)18(28-20(23)27)9-12-4-6-16(25-2)13(8-12)11-26-17-7-5-14(21)10-15(17)22/h4-10H,3,11H2,1-2H3/b18-9-. The lowest BCUT2D eigenvalue weighted by Gasteiger charge is -2.12. The van der Waals surface area contributed by atoms with Crippen molar-refractivity contribution in [2.24, 2.45) is 0 Å². The molecular formula is C20H17BrClNO3S2. The third-order valence-corrected chi connectivity index (χ3v) is 6.24. The average Bonchev–Trinajstić information content (AvgIpc) is 2.93. The van der Waals surface area contributed by atoms with Gasteiger partial charge in [-0.1, -0.05) is 57.6 Å². The quantitative estimate of drug-likeness (QED) is 0.366. The number of ether oxygens (including phenoxy) is 2. The summed E-state index contributed by atoms with van der Waals surface area (Å²) in [4.78, 5) is 14.6. The van der Waals surface area contributed by atoms with Crippen LogP contribution in [0.1, 0.15) is 18.1 Å². The van der Waals surface area contributed by atoms with Crippen molar-refractivity contribution in [2.75, 3.05) is 13.7 Å². The molecule has 0 radical (unpaired) electrons. The molecule has 0 spiro atoms. The zero-order valence-corrected chi connectivity index (χ0v) is 19.2. The highest BCUT2D eigenvalue weighted by Crippen LogP contribution is 2.33. The van der Waals surface area contributed by atoms with E-state index in [1.807, 2.05) is 37.3 Å². The number of thiocarbonyl (C=S) groups is 1. The van der Waals surface area contributed by atoms with Crippen LogP contribution in [0.3, 0.4) is 0 Å². The Morgan fingerprint density at radius 3 is 2.64 bits per heavy atom. The summed E-state index contributed by atoms with van der Waals surface area (Å²) in [6, 6.07) is 11.1. The Morgan fingerprint density at radius 2 is 2.00 bits per heavy atom. The maximum absolute atomic E-state index is 12.4. The SMILES string of the molecule is CCN1C(=O)/C(=C/c2ccc(OC)c(COc3ccc(Br)cc3Cl)c2)SC1=S. The molecule has 1 saturated heterocycles. The van der Waals surface area contributed by atoms with E-state index < -0.39 is 0 Å². The Balaban J connectivity index is 1.83. The minimum absolute atomic E-state index is 0.0623. The van der Waals surface area contributed by atoms with E-state index in [1.54, 1.807) is 24.1 Å². The summed E-state index contributed by atoms with van der Waals surface area (Å²) < 4.78 is 12.8. The number of amides is 1. The number of carbonyl (C=O) groups excluding carboxylic acids is 1. The molecular weight excluding hydrogens is 482 g/mol. The Kier molecular flexibility index (Phi) is 7.04. The topological polar surface area (TPSA) is 38.8 Å². The van der Waals surface area contributed by atoms with Gasteiger partial charge in [0.15, 0.2) is 0 Å². The smallest absolute Gasteiger partial charge is 0.266 e. The van der Waals surface area contributed by atoms with Crippen molar-refractivity contribution in [2.45, 2.75) is 13.5 Å². The fourth-order valence-corrected chi connectivity index (χ4v) is 4.79. The number of benzene rings is 2. The molecule has 1 aliphatic heterocycles. The van der Waals surface area contributed by atoms with Gasteiger partial charge in [-0.3, -0.25) is 9.69 Å². The zero-order valence-electron chi connectivity index (χ0n) is 15.2. The summed E-state index contributed by atoms with van der Waals surface area (Å²) in [7, 11) is 1.61. The first-order valence-electron chi connectivity index (χ1n) is 8.43. The average molecular weight is 499 g/mol. The van der Waals surface area contributed by atoms with E-state index in [0.717, 1.165) is 15.6 Å². The van der Waals surface area contributed by atoms with E-state index in [0.29, 0.717) is 32.3 Å². The predicted molar refractivity (Wildman–Crippen MR) is 122 cm³/mol. The second kappa shape index (κ2) is 9.31. The van der Waals surface area contributed by atoms with Gasteiger partial charge < -0.3 is 9.47 Å². The van der Waals surface area contributed by atoms with Crippen LogP contribution in [-0.4, -0.2) is 28.8 Å². The van der Waals surface area contributed by atoms with Gasteiger partial charge in [0.25, 0.3) is 5.91 Å². The molecule has 1 aliphatic rings. The van der Waals surface area contributed by atoms with Crippen LogP contribution in [0.2, 0.25) is 5.02 Å². The Hall–Kier alpha value is -1.54. The van der Waals surface area contributed by atoms with E-state index in [2.05, 4.69) is 15.9 Å². The number of methoxy groups -OCH3 is 1. The molecule has 28 heavy (non-hydrogen) atoms. The third-order valence-electron chi connectivity index (χ3n) is 4.07. The maximum atomic E-state index is 12.4. The predicted octanol–water partition coefficient (Wildman–Crippen LogP) is 5.91. The van der Waals surface area contributed by atoms with Crippen molar-refractivity contribution in [3.63, 3.8) is 0 Å². The van der Waals surface area contributed by atoms with Crippen LogP contribution < -0.4 is 9.47 Å². The number of hydrogen-bond donors (Lipinski definition) is 0. The number of hydrogen-bond acceptors (Lipinski definition) is 5. The van der Waals surface area contributed by atoms with Crippen molar-refractivity contribution in [1.82, 2.24) is 4.90 Å². The third kappa shape index (κ3) is 4.71. The summed E-state index contributed by atoms with van der Waals surface area (Å²) in [5.41, 5.74) is 1.72. The zero-order chi connectivity index (χ0) is 20.3. The molecule has 1 heterocycles. The largest absolute Gasteiger partial charge is 0.496 e. The molecule has 0 bridgehead atoms. The van der Waals surface area contributed by atoms with Gasteiger partial charge in [-0.2, -0.15) is 0 Å². The molecule has 4 nitrogen and oxygen atoms in total. The highest BCUT2D eigenvalue weighted by Gasteiger charge is 2.30. The summed E-state index contributed by atoms with van der Waals surface area (Å²) in [5.74, 6) is 1.22. The first kappa shape index (κ1) is 21.2. The summed E-state index contributed by atoms with van der Waals surface area (Å²) in [6.07, 6.45) is 1.84. The molecule has 0 N–H and O–H groups in total. The minimum Gasteiger partial charge on any atom is -0.496 e. The monoisotopic (exact) mass is 497 g/mol. The van der Waals surface area contributed by atoms with Gasteiger partial charge in [0.1, 0.15) is 22.4 Å². The molecule has 1 amide bonds. The van der Waals surface area contributed by atoms with Gasteiger partial charge >= 0.3 is 0 Å². The summed E-state index contributed by atoms with van der Waals surface area (Å²) in [6.45, 7) is 2.75. The lowest BCUT2D eigenvalue weighted by molar-refractivity contribution is -0.121. The summed E-state index contributed by atoms with van der Waals surface area (Å²) in [5, 5.41) is 0.521. The van der Waals surface area contributed by atoms with Crippen LogP contribution >= 0.6 is 51.5 Å². The number of halogens is 2. The van der Waals surface area contributed by atoms with Crippen LogP contribution in [0.5, 0.6) is 11.5 Å². The highest BCUT2D eigenvalue weighted by molar-refractivity contribution is 9.10. The number of thioether (sulfide) groups is 1. The molecule has 3 rings (SSSR count). The first-order chi connectivity index (χ1) is 13.4. The lowest BCUT2D eigenvalue weighted by atomic mass is 10.1. The number of nitrogens with zero attached hydrogens (tertiary/aromatic N) is 1. The van der Waals surface area contributed by atoms with Gasteiger partial charge in [0.05, 0.1) is 17.0 Å². The van der Waals surface area contributed by atoms with Gasteiger partial charge in [-0.05, 0) is 48.9 Å².